The first-order valence-corrected chi connectivity index (χ1v) is 6.08. The van der Waals surface area contributed by atoms with E-state index in [1.165, 1.54) is 6.07 Å². The Morgan fingerprint density at radius 2 is 2.10 bits per heavy atom. The second-order valence-electron chi connectivity index (χ2n) is 4.16. The molecule has 2 aromatic rings. The Kier molecular flexibility index (Phi) is 4.73. The largest absolute Gasteiger partial charge is 0.486 e. The van der Waals surface area contributed by atoms with Crippen molar-refractivity contribution in [1.82, 2.24) is 5.16 Å². The van der Waals surface area contributed by atoms with Gasteiger partial charge in [0.15, 0.2) is 11.5 Å². The second kappa shape index (κ2) is 6.72. The molecule has 6 heteroatoms. The third-order valence-corrected chi connectivity index (χ3v) is 2.68. The zero-order chi connectivity index (χ0) is 14.4. The molecule has 0 aliphatic heterocycles. The molecular weight excluding hydrogens is 262 g/mol. The molecule has 6 nitrogen and oxygen atoms in total. The number of methoxy groups -OCH3 is 1. The molecule has 0 unspecified atom stereocenters. The Hall–Kier alpha value is -2.34. The summed E-state index contributed by atoms with van der Waals surface area (Å²) in [5.41, 5.74) is 1.03. The van der Waals surface area contributed by atoms with Gasteiger partial charge in [-0.25, -0.2) is 4.79 Å². The number of carbonyl (C=O) groups is 1. The fourth-order valence-electron chi connectivity index (χ4n) is 1.61. The van der Waals surface area contributed by atoms with Gasteiger partial charge in [-0.1, -0.05) is 17.3 Å². The molecule has 0 saturated heterocycles. The Bertz CT molecular complexity index is 561. The van der Waals surface area contributed by atoms with Gasteiger partial charge in [-0.15, -0.1) is 0 Å². The number of carboxylic acid groups (broad SMARTS) is 1. The summed E-state index contributed by atoms with van der Waals surface area (Å²) in [5, 5.41) is 12.1. The molecule has 0 aliphatic rings. The number of hydrogen-bond donors (Lipinski definition) is 1. The smallest absolute Gasteiger partial charge is 0.358 e. The van der Waals surface area contributed by atoms with Gasteiger partial charge in [0.05, 0.1) is 6.61 Å². The van der Waals surface area contributed by atoms with Gasteiger partial charge in [0.25, 0.3) is 0 Å². The van der Waals surface area contributed by atoms with Gasteiger partial charge in [0.1, 0.15) is 12.4 Å². The van der Waals surface area contributed by atoms with Crippen LogP contribution in [0.5, 0.6) is 5.75 Å². The van der Waals surface area contributed by atoms with E-state index in [2.05, 4.69) is 5.16 Å². The van der Waals surface area contributed by atoms with Gasteiger partial charge in [-0.3, -0.25) is 0 Å². The summed E-state index contributed by atoms with van der Waals surface area (Å²) in [6.07, 6.45) is 0.848. The van der Waals surface area contributed by atoms with Crippen molar-refractivity contribution in [2.24, 2.45) is 0 Å². The third-order valence-electron chi connectivity index (χ3n) is 2.68. The van der Waals surface area contributed by atoms with E-state index in [-0.39, 0.29) is 12.3 Å². The number of ether oxygens (including phenoxy) is 2. The maximum absolute atomic E-state index is 10.6. The highest BCUT2D eigenvalue weighted by Gasteiger charge is 2.10. The fraction of sp³-hybridized carbons (Fsp3) is 0.286. The van der Waals surface area contributed by atoms with Crippen molar-refractivity contribution < 1.29 is 23.9 Å². The van der Waals surface area contributed by atoms with Crippen molar-refractivity contribution in [2.75, 3.05) is 13.7 Å². The average Bonchev–Trinajstić information content (AvgIpc) is 2.93. The highest BCUT2D eigenvalue weighted by atomic mass is 16.5. The predicted octanol–water partition coefficient (Wildman–Crippen LogP) is 2.14. The van der Waals surface area contributed by atoms with Crippen molar-refractivity contribution in [1.29, 1.82) is 0 Å². The Balaban J connectivity index is 1.88. The maximum atomic E-state index is 10.6. The van der Waals surface area contributed by atoms with Crippen LogP contribution in [-0.2, 0) is 17.8 Å². The van der Waals surface area contributed by atoms with Crippen LogP contribution in [0.1, 0.15) is 21.8 Å². The lowest BCUT2D eigenvalue weighted by molar-refractivity contribution is 0.0685. The van der Waals surface area contributed by atoms with Crippen LogP contribution in [0.2, 0.25) is 0 Å². The molecule has 0 amide bonds. The summed E-state index contributed by atoms with van der Waals surface area (Å²) in [7, 11) is 1.67. The molecular formula is C14H15NO5. The first-order chi connectivity index (χ1) is 9.69. The summed E-state index contributed by atoms with van der Waals surface area (Å²) in [6, 6.07) is 8.95. The Morgan fingerprint density at radius 1 is 1.35 bits per heavy atom. The van der Waals surface area contributed by atoms with Crippen LogP contribution < -0.4 is 4.74 Å². The molecule has 1 aromatic carbocycles. The van der Waals surface area contributed by atoms with Gasteiger partial charge in [-0.2, -0.15) is 0 Å². The van der Waals surface area contributed by atoms with E-state index in [1.54, 1.807) is 7.11 Å². The normalized spacial score (nSPS) is 10.4. The lowest BCUT2D eigenvalue weighted by atomic mass is 10.1. The van der Waals surface area contributed by atoms with Gasteiger partial charge in [0, 0.05) is 13.2 Å². The summed E-state index contributed by atoms with van der Waals surface area (Å²) in [4.78, 5) is 10.6. The number of aromatic nitrogens is 1. The number of aromatic carboxylic acids is 1. The lowest BCUT2D eigenvalue weighted by Crippen LogP contribution is -1.97. The minimum absolute atomic E-state index is 0.126. The van der Waals surface area contributed by atoms with Crippen LogP contribution >= 0.6 is 0 Å². The van der Waals surface area contributed by atoms with Gasteiger partial charge >= 0.3 is 5.97 Å². The van der Waals surface area contributed by atoms with Crippen LogP contribution in [0.4, 0.5) is 0 Å². The van der Waals surface area contributed by atoms with E-state index in [1.807, 2.05) is 24.3 Å². The van der Waals surface area contributed by atoms with E-state index in [9.17, 15) is 4.79 Å². The number of rotatable bonds is 7. The molecule has 0 radical (unpaired) electrons. The van der Waals surface area contributed by atoms with Crippen molar-refractivity contribution in [3.63, 3.8) is 0 Å². The Labute approximate surface area is 115 Å². The summed E-state index contributed by atoms with van der Waals surface area (Å²) in [6.45, 7) is 0.813. The molecule has 1 N–H and O–H groups in total. The second-order valence-corrected chi connectivity index (χ2v) is 4.16. The molecule has 0 bridgehead atoms. The van der Waals surface area contributed by atoms with Crippen LogP contribution in [0.15, 0.2) is 34.9 Å². The van der Waals surface area contributed by atoms with Crippen LogP contribution in [0, 0.1) is 0 Å². The molecule has 1 aromatic heterocycles. The molecule has 1 heterocycles. The molecule has 0 saturated carbocycles. The topological polar surface area (TPSA) is 81.8 Å². The lowest BCUT2D eigenvalue weighted by Gasteiger charge is -2.05. The fourth-order valence-corrected chi connectivity index (χ4v) is 1.61. The van der Waals surface area contributed by atoms with Crippen molar-refractivity contribution in [3.8, 4) is 5.75 Å². The molecule has 2 rings (SSSR count). The van der Waals surface area contributed by atoms with Crippen molar-refractivity contribution in [3.05, 3.63) is 47.3 Å². The van der Waals surface area contributed by atoms with Gasteiger partial charge in [0.2, 0.25) is 0 Å². The first-order valence-electron chi connectivity index (χ1n) is 6.08. The molecule has 0 spiro atoms. The highest BCUT2D eigenvalue weighted by Crippen LogP contribution is 2.15. The maximum Gasteiger partial charge on any atom is 0.358 e. The van der Waals surface area contributed by atoms with Crippen LogP contribution in [0.25, 0.3) is 0 Å². The molecule has 0 atom stereocenters. The third kappa shape index (κ3) is 3.83. The van der Waals surface area contributed by atoms with E-state index < -0.39 is 5.97 Å². The van der Waals surface area contributed by atoms with E-state index in [0.29, 0.717) is 18.1 Å². The minimum Gasteiger partial charge on any atom is -0.486 e. The molecule has 20 heavy (non-hydrogen) atoms. The van der Waals surface area contributed by atoms with E-state index >= 15 is 0 Å². The zero-order valence-electron chi connectivity index (χ0n) is 11.0. The van der Waals surface area contributed by atoms with Gasteiger partial charge < -0.3 is 19.1 Å². The highest BCUT2D eigenvalue weighted by molar-refractivity contribution is 5.85. The molecule has 0 aliphatic carbocycles. The number of carboxylic acids is 1. The van der Waals surface area contributed by atoms with Gasteiger partial charge in [-0.05, 0) is 24.1 Å². The van der Waals surface area contributed by atoms with Crippen LogP contribution in [-0.4, -0.2) is 29.9 Å². The van der Waals surface area contributed by atoms with E-state index in [4.69, 9.17) is 19.1 Å². The predicted molar refractivity (Wildman–Crippen MR) is 69.8 cm³/mol. The van der Waals surface area contributed by atoms with E-state index in [0.717, 1.165) is 12.0 Å². The Morgan fingerprint density at radius 3 is 2.70 bits per heavy atom. The minimum atomic E-state index is -1.12. The average molecular weight is 277 g/mol. The summed E-state index contributed by atoms with van der Waals surface area (Å²) < 4.78 is 15.3. The SMILES string of the molecule is COCCc1ccc(OCc2cc(C(=O)O)no2)cc1. The summed E-state index contributed by atoms with van der Waals surface area (Å²) in [5.74, 6) is -0.0761. The van der Waals surface area contributed by atoms with Crippen molar-refractivity contribution in [2.45, 2.75) is 13.0 Å². The zero-order valence-corrected chi connectivity index (χ0v) is 11.0. The van der Waals surface area contributed by atoms with Crippen molar-refractivity contribution >= 4 is 5.97 Å². The standard InChI is InChI=1S/C14H15NO5/c1-18-7-6-10-2-4-11(5-3-10)19-9-12-8-13(14(16)17)15-20-12/h2-5,8H,6-7,9H2,1H3,(H,16,17). The molecule has 106 valence electrons. The number of benzene rings is 1. The molecule has 0 fully saturated rings. The van der Waals surface area contributed by atoms with Crippen LogP contribution in [0.3, 0.4) is 0 Å². The quantitative estimate of drug-likeness (QED) is 0.835. The number of nitrogens with zero attached hydrogens (tertiary/aromatic N) is 1. The first kappa shape index (κ1) is 14.1. The number of hydrogen-bond acceptors (Lipinski definition) is 5. The monoisotopic (exact) mass is 277 g/mol. The summed E-state index contributed by atoms with van der Waals surface area (Å²) >= 11 is 0.